The Balaban J connectivity index is 2.02. The van der Waals surface area contributed by atoms with Crippen LogP contribution in [0.4, 0.5) is 4.79 Å². The van der Waals surface area contributed by atoms with Crippen LogP contribution in [0, 0.1) is 0 Å². The maximum atomic E-state index is 12.6. The molecule has 1 fully saturated rings. The van der Waals surface area contributed by atoms with Crippen LogP contribution >= 0.6 is 0 Å². The van der Waals surface area contributed by atoms with Crippen molar-refractivity contribution in [1.82, 2.24) is 10.2 Å². The molecule has 0 spiro atoms. The number of furan rings is 1. The molecule has 0 unspecified atom stereocenters. The highest BCUT2D eigenvalue weighted by atomic mass is 16.5. The SMILES string of the molecule is CCc1ccc([C@@H]2CCCCCN2C(=O)CCNC(=O)OC)o1. The summed E-state index contributed by atoms with van der Waals surface area (Å²) < 4.78 is 10.4. The molecular weight excluding hydrogens is 296 g/mol. The highest BCUT2D eigenvalue weighted by Gasteiger charge is 2.28. The number of nitrogens with zero attached hydrogens (tertiary/aromatic N) is 1. The van der Waals surface area contributed by atoms with E-state index < -0.39 is 6.09 Å². The Labute approximate surface area is 137 Å². The lowest BCUT2D eigenvalue weighted by Crippen LogP contribution is -2.37. The summed E-state index contributed by atoms with van der Waals surface area (Å²) in [6, 6.07) is 3.98. The minimum Gasteiger partial charge on any atom is -0.464 e. The van der Waals surface area contributed by atoms with Crippen molar-refractivity contribution < 1.29 is 18.7 Å². The van der Waals surface area contributed by atoms with Gasteiger partial charge in [0.05, 0.1) is 13.2 Å². The summed E-state index contributed by atoms with van der Waals surface area (Å²) in [7, 11) is 1.31. The second-order valence-electron chi connectivity index (χ2n) is 5.78. The van der Waals surface area contributed by atoms with Crippen molar-refractivity contribution in [1.29, 1.82) is 0 Å². The van der Waals surface area contributed by atoms with E-state index in [0.717, 1.165) is 50.2 Å². The fraction of sp³-hybridized carbons (Fsp3) is 0.647. The van der Waals surface area contributed by atoms with Crippen molar-refractivity contribution in [2.24, 2.45) is 0 Å². The van der Waals surface area contributed by atoms with Gasteiger partial charge in [-0.1, -0.05) is 19.8 Å². The van der Waals surface area contributed by atoms with Gasteiger partial charge in [0.2, 0.25) is 5.91 Å². The number of likely N-dealkylation sites (tertiary alicyclic amines) is 1. The van der Waals surface area contributed by atoms with Gasteiger partial charge in [0.15, 0.2) is 0 Å². The first kappa shape index (κ1) is 17.4. The Morgan fingerprint density at radius 3 is 2.87 bits per heavy atom. The first-order chi connectivity index (χ1) is 11.2. The van der Waals surface area contributed by atoms with E-state index in [4.69, 9.17) is 4.42 Å². The first-order valence-electron chi connectivity index (χ1n) is 8.35. The Bertz CT molecular complexity index is 526. The molecule has 0 aliphatic carbocycles. The highest BCUT2D eigenvalue weighted by Crippen LogP contribution is 2.31. The van der Waals surface area contributed by atoms with E-state index in [9.17, 15) is 9.59 Å². The van der Waals surface area contributed by atoms with Gasteiger partial charge in [-0.3, -0.25) is 4.79 Å². The number of hydrogen-bond acceptors (Lipinski definition) is 4. The third-order valence-electron chi connectivity index (χ3n) is 4.23. The summed E-state index contributed by atoms with van der Waals surface area (Å²) in [5, 5.41) is 2.55. The van der Waals surface area contributed by atoms with Crippen molar-refractivity contribution in [2.75, 3.05) is 20.2 Å². The maximum Gasteiger partial charge on any atom is 0.406 e. The predicted octanol–water partition coefficient (Wildman–Crippen LogP) is 3.03. The van der Waals surface area contributed by atoms with Gasteiger partial charge >= 0.3 is 6.09 Å². The van der Waals surface area contributed by atoms with Crippen LogP contribution in [-0.2, 0) is 16.0 Å². The number of rotatable bonds is 5. The van der Waals surface area contributed by atoms with E-state index in [0.29, 0.717) is 0 Å². The molecule has 6 nitrogen and oxygen atoms in total. The lowest BCUT2D eigenvalue weighted by atomic mass is 10.1. The first-order valence-corrected chi connectivity index (χ1v) is 8.35. The Kier molecular flexibility index (Phi) is 6.50. The topological polar surface area (TPSA) is 71.8 Å². The molecule has 0 aromatic carbocycles. The van der Waals surface area contributed by atoms with Crippen molar-refractivity contribution in [2.45, 2.75) is 51.5 Å². The molecule has 1 aliphatic heterocycles. The number of nitrogens with one attached hydrogen (secondary N) is 1. The maximum absolute atomic E-state index is 12.6. The fourth-order valence-corrected chi connectivity index (χ4v) is 2.95. The Morgan fingerprint density at radius 1 is 1.35 bits per heavy atom. The van der Waals surface area contributed by atoms with Crippen molar-refractivity contribution in [3.8, 4) is 0 Å². The molecular formula is C17H26N2O4. The molecule has 0 saturated carbocycles. The molecule has 1 aromatic rings. The average molecular weight is 322 g/mol. The standard InChI is InChI=1S/C17H26N2O4/c1-3-13-8-9-15(23-13)14-7-5-4-6-12-19(14)16(20)10-11-18-17(21)22-2/h8-9,14H,3-7,10-12H2,1-2H3,(H,18,21)/t14-/m0/s1. The molecule has 0 radical (unpaired) electrons. The molecule has 2 heterocycles. The molecule has 1 saturated heterocycles. The van der Waals surface area contributed by atoms with E-state index in [1.165, 1.54) is 7.11 Å². The molecule has 6 heteroatoms. The summed E-state index contributed by atoms with van der Waals surface area (Å²) in [6.07, 6.45) is 4.76. The molecule has 23 heavy (non-hydrogen) atoms. The summed E-state index contributed by atoms with van der Waals surface area (Å²) in [5.74, 6) is 1.87. The van der Waals surface area contributed by atoms with E-state index in [1.54, 1.807) is 0 Å². The van der Waals surface area contributed by atoms with Gasteiger partial charge in [0, 0.05) is 25.9 Å². The van der Waals surface area contributed by atoms with Crippen LogP contribution < -0.4 is 5.32 Å². The summed E-state index contributed by atoms with van der Waals surface area (Å²) >= 11 is 0. The van der Waals surface area contributed by atoms with E-state index >= 15 is 0 Å². The number of aryl methyl sites for hydroxylation is 1. The zero-order chi connectivity index (χ0) is 16.7. The molecule has 128 valence electrons. The Hall–Kier alpha value is -1.98. The lowest BCUT2D eigenvalue weighted by molar-refractivity contribution is -0.133. The largest absolute Gasteiger partial charge is 0.464 e. The van der Waals surface area contributed by atoms with Gasteiger partial charge in [-0.05, 0) is 25.0 Å². The van der Waals surface area contributed by atoms with E-state index in [-0.39, 0.29) is 24.9 Å². The second kappa shape index (κ2) is 8.60. The lowest BCUT2D eigenvalue weighted by Gasteiger charge is -2.28. The molecule has 1 aromatic heterocycles. The van der Waals surface area contributed by atoms with Gasteiger partial charge in [-0.15, -0.1) is 0 Å². The molecule has 1 N–H and O–H groups in total. The van der Waals surface area contributed by atoms with Gasteiger partial charge in [-0.25, -0.2) is 4.79 Å². The normalized spacial score (nSPS) is 18.3. The molecule has 1 atom stereocenters. The van der Waals surface area contributed by atoms with Gasteiger partial charge < -0.3 is 19.4 Å². The minimum absolute atomic E-state index is 0.00317. The number of alkyl carbamates (subject to hydrolysis) is 1. The second-order valence-corrected chi connectivity index (χ2v) is 5.78. The number of ether oxygens (including phenoxy) is 1. The van der Waals surface area contributed by atoms with Crippen molar-refractivity contribution in [3.05, 3.63) is 23.7 Å². The van der Waals surface area contributed by atoms with Crippen molar-refractivity contribution in [3.63, 3.8) is 0 Å². The van der Waals surface area contributed by atoms with Crippen molar-refractivity contribution >= 4 is 12.0 Å². The summed E-state index contributed by atoms with van der Waals surface area (Å²) in [4.78, 5) is 25.6. The number of hydrogen-bond donors (Lipinski definition) is 1. The number of amides is 2. The molecule has 2 rings (SSSR count). The van der Waals surface area contributed by atoms with Crippen LogP contribution in [0.5, 0.6) is 0 Å². The van der Waals surface area contributed by atoms with Crippen LogP contribution in [0.2, 0.25) is 0 Å². The fourth-order valence-electron chi connectivity index (χ4n) is 2.95. The van der Waals surface area contributed by atoms with Gasteiger partial charge in [-0.2, -0.15) is 0 Å². The smallest absolute Gasteiger partial charge is 0.406 e. The number of carbonyl (C=O) groups excluding carboxylic acids is 2. The van der Waals surface area contributed by atoms with Crippen LogP contribution in [-0.4, -0.2) is 37.1 Å². The van der Waals surface area contributed by atoms with Crippen LogP contribution in [0.25, 0.3) is 0 Å². The zero-order valence-electron chi connectivity index (χ0n) is 14.0. The van der Waals surface area contributed by atoms with Crippen LogP contribution in [0.3, 0.4) is 0 Å². The minimum atomic E-state index is -0.510. The van der Waals surface area contributed by atoms with E-state index in [2.05, 4.69) is 17.0 Å². The summed E-state index contributed by atoms with van der Waals surface area (Å²) in [5.41, 5.74) is 0. The van der Waals surface area contributed by atoms with Gasteiger partial charge in [0.25, 0.3) is 0 Å². The molecule has 2 amide bonds. The Morgan fingerprint density at radius 2 is 2.17 bits per heavy atom. The van der Waals surface area contributed by atoms with E-state index in [1.807, 2.05) is 17.0 Å². The average Bonchev–Trinajstić information content (AvgIpc) is 2.91. The van der Waals surface area contributed by atoms with Gasteiger partial charge in [0.1, 0.15) is 11.5 Å². The number of carbonyl (C=O) groups is 2. The monoisotopic (exact) mass is 322 g/mol. The molecule has 1 aliphatic rings. The van der Waals surface area contributed by atoms with Crippen LogP contribution in [0.1, 0.15) is 56.6 Å². The number of methoxy groups -OCH3 is 1. The van der Waals surface area contributed by atoms with Crippen LogP contribution in [0.15, 0.2) is 16.5 Å². The molecule has 0 bridgehead atoms. The third kappa shape index (κ3) is 4.74. The highest BCUT2D eigenvalue weighted by molar-refractivity contribution is 5.77. The zero-order valence-corrected chi connectivity index (χ0v) is 14.0. The third-order valence-corrected chi connectivity index (χ3v) is 4.23. The predicted molar refractivity (Wildman–Crippen MR) is 86.0 cm³/mol. The summed E-state index contributed by atoms with van der Waals surface area (Å²) in [6.45, 7) is 3.08. The quantitative estimate of drug-likeness (QED) is 0.904.